The summed E-state index contributed by atoms with van der Waals surface area (Å²) < 4.78 is 6.00. The van der Waals surface area contributed by atoms with Gasteiger partial charge in [0.15, 0.2) is 0 Å². The summed E-state index contributed by atoms with van der Waals surface area (Å²) in [5.41, 5.74) is 2.53. The van der Waals surface area contributed by atoms with Gasteiger partial charge in [-0.05, 0) is 68.5 Å². The second-order valence-electron chi connectivity index (χ2n) is 8.41. The molecule has 0 unspecified atom stereocenters. The molecular formula is C25H30N2O3. The van der Waals surface area contributed by atoms with Gasteiger partial charge in [-0.15, -0.1) is 0 Å². The zero-order chi connectivity index (χ0) is 20.9. The Bertz CT molecular complexity index is 888. The predicted octanol–water partition coefficient (Wildman–Crippen LogP) is 4.16. The van der Waals surface area contributed by atoms with Crippen LogP contribution >= 0.6 is 0 Å². The highest BCUT2D eigenvalue weighted by Crippen LogP contribution is 2.22. The first-order valence-electron chi connectivity index (χ1n) is 11.0. The molecule has 0 saturated carbocycles. The van der Waals surface area contributed by atoms with Crippen molar-refractivity contribution >= 4 is 11.8 Å². The lowest BCUT2D eigenvalue weighted by molar-refractivity contribution is 0.0632. The Hall–Kier alpha value is -2.82. The molecule has 0 N–H and O–H groups in total. The topological polar surface area (TPSA) is 49.9 Å². The molecule has 2 amide bonds. The average molecular weight is 407 g/mol. The van der Waals surface area contributed by atoms with Crippen molar-refractivity contribution in [3.63, 3.8) is 0 Å². The fourth-order valence-electron chi connectivity index (χ4n) is 4.38. The number of likely N-dealkylation sites (tertiary alicyclic amines) is 2. The molecule has 2 aliphatic heterocycles. The number of hydrogen-bond acceptors (Lipinski definition) is 3. The van der Waals surface area contributed by atoms with Gasteiger partial charge < -0.3 is 14.5 Å². The molecule has 5 nitrogen and oxygen atoms in total. The van der Waals surface area contributed by atoms with Gasteiger partial charge in [0.25, 0.3) is 11.8 Å². The van der Waals surface area contributed by atoms with Crippen molar-refractivity contribution in [2.45, 2.75) is 32.6 Å². The summed E-state index contributed by atoms with van der Waals surface area (Å²) >= 11 is 0. The molecule has 2 heterocycles. The lowest BCUT2D eigenvalue weighted by Crippen LogP contribution is -2.41. The second-order valence-corrected chi connectivity index (χ2v) is 8.41. The molecule has 2 fully saturated rings. The maximum atomic E-state index is 12.9. The van der Waals surface area contributed by atoms with Crippen LogP contribution in [-0.4, -0.2) is 54.4 Å². The van der Waals surface area contributed by atoms with Gasteiger partial charge in [0.05, 0.1) is 6.61 Å². The molecule has 4 rings (SSSR count). The average Bonchev–Trinajstić information content (AvgIpc) is 3.33. The highest BCUT2D eigenvalue weighted by molar-refractivity contribution is 5.95. The third-order valence-electron chi connectivity index (χ3n) is 6.16. The Morgan fingerprint density at radius 2 is 1.60 bits per heavy atom. The number of hydrogen-bond donors (Lipinski definition) is 0. The van der Waals surface area contributed by atoms with Gasteiger partial charge in [-0.2, -0.15) is 0 Å². The van der Waals surface area contributed by atoms with E-state index < -0.39 is 0 Å². The smallest absolute Gasteiger partial charge is 0.254 e. The van der Waals surface area contributed by atoms with Crippen LogP contribution < -0.4 is 4.74 Å². The van der Waals surface area contributed by atoms with Crippen molar-refractivity contribution in [3.8, 4) is 5.75 Å². The van der Waals surface area contributed by atoms with Crippen LogP contribution in [0, 0.1) is 12.8 Å². The Kier molecular flexibility index (Phi) is 6.36. The van der Waals surface area contributed by atoms with Crippen molar-refractivity contribution in [2.75, 3.05) is 32.8 Å². The molecular weight excluding hydrogens is 376 g/mol. The number of carbonyl (C=O) groups excluding carboxylic acids is 2. The Labute approximate surface area is 178 Å². The molecule has 0 spiro atoms. The third kappa shape index (κ3) is 4.66. The molecule has 0 bridgehead atoms. The molecule has 158 valence electrons. The van der Waals surface area contributed by atoms with E-state index in [9.17, 15) is 9.59 Å². The van der Waals surface area contributed by atoms with E-state index in [-0.39, 0.29) is 11.8 Å². The molecule has 0 aromatic heterocycles. The van der Waals surface area contributed by atoms with Gasteiger partial charge in [-0.3, -0.25) is 9.59 Å². The lowest BCUT2D eigenvalue weighted by Gasteiger charge is -2.33. The quantitative estimate of drug-likeness (QED) is 0.749. The van der Waals surface area contributed by atoms with Gasteiger partial charge in [0, 0.05) is 43.2 Å². The first-order valence-corrected chi connectivity index (χ1v) is 11.0. The number of aryl methyl sites for hydroxylation is 1. The minimum atomic E-state index is 0.108. The number of ether oxygens (including phenoxy) is 1. The summed E-state index contributed by atoms with van der Waals surface area (Å²) in [5.74, 6) is 1.31. The molecule has 2 aliphatic rings. The van der Waals surface area contributed by atoms with Crippen LogP contribution in [0.5, 0.6) is 5.75 Å². The van der Waals surface area contributed by atoms with E-state index in [0.29, 0.717) is 12.5 Å². The molecule has 5 heteroatoms. The second kappa shape index (κ2) is 9.33. The molecule has 2 aromatic rings. The summed E-state index contributed by atoms with van der Waals surface area (Å²) in [5, 5.41) is 0. The van der Waals surface area contributed by atoms with Crippen LogP contribution in [0.1, 0.15) is 52.0 Å². The number of carbonyl (C=O) groups is 2. The first-order chi connectivity index (χ1) is 14.6. The first kappa shape index (κ1) is 20.5. The Morgan fingerprint density at radius 1 is 0.900 bits per heavy atom. The zero-order valence-electron chi connectivity index (χ0n) is 17.7. The fraction of sp³-hybridized carbons (Fsp3) is 0.440. The van der Waals surface area contributed by atoms with E-state index in [4.69, 9.17) is 4.74 Å². The lowest BCUT2D eigenvalue weighted by atomic mass is 9.97. The van der Waals surface area contributed by atoms with E-state index in [1.165, 1.54) is 0 Å². The summed E-state index contributed by atoms with van der Waals surface area (Å²) in [6, 6.07) is 15.2. The molecule has 2 aromatic carbocycles. The minimum Gasteiger partial charge on any atom is -0.493 e. The van der Waals surface area contributed by atoms with E-state index in [0.717, 1.165) is 74.3 Å². The Balaban J connectivity index is 1.31. The van der Waals surface area contributed by atoms with Crippen LogP contribution in [0.4, 0.5) is 0 Å². The summed E-state index contributed by atoms with van der Waals surface area (Å²) in [6.45, 7) is 5.80. The van der Waals surface area contributed by atoms with Gasteiger partial charge in [0.1, 0.15) is 5.75 Å². The number of benzene rings is 2. The summed E-state index contributed by atoms with van der Waals surface area (Å²) in [6.07, 6.45) is 4.24. The van der Waals surface area contributed by atoms with E-state index in [1.807, 2.05) is 65.3 Å². The van der Waals surface area contributed by atoms with Gasteiger partial charge in [0.2, 0.25) is 0 Å². The SMILES string of the molecule is Cc1ccccc1C(=O)N1CCC[C@H](COc2ccc(C(=O)N3CCCC3)cc2)C1. The van der Waals surface area contributed by atoms with Crippen molar-refractivity contribution < 1.29 is 14.3 Å². The number of nitrogens with zero attached hydrogens (tertiary/aromatic N) is 2. The minimum absolute atomic E-state index is 0.108. The van der Waals surface area contributed by atoms with Crippen LogP contribution in [0.2, 0.25) is 0 Å². The fourth-order valence-corrected chi connectivity index (χ4v) is 4.38. The number of amides is 2. The summed E-state index contributed by atoms with van der Waals surface area (Å²) in [4.78, 5) is 29.2. The number of piperidine rings is 1. The maximum Gasteiger partial charge on any atom is 0.254 e. The van der Waals surface area contributed by atoms with E-state index >= 15 is 0 Å². The monoisotopic (exact) mass is 406 g/mol. The molecule has 0 radical (unpaired) electrons. The molecule has 1 atom stereocenters. The zero-order valence-corrected chi connectivity index (χ0v) is 17.7. The largest absolute Gasteiger partial charge is 0.493 e. The van der Waals surface area contributed by atoms with Gasteiger partial charge in [-0.1, -0.05) is 18.2 Å². The van der Waals surface area contributed by atoms with Crippen molar-refractivity contribution in [3.05, 3.63) is 65.2 Å². The van der Waals surface area contributed by atoms with Crippen LogP contribution in [0.25, 0.3) is 0 Å². The number of rotatable bonds is 5. The highest BCUT2D eigenvalue weighted by Gasteiger charge is 2.26. The normalized spacial score (nSPS) is 19.0. The van der Waals surface area contributed by atoms with Crippen molar-refractivity contribution in [1.82, 2.24) is 9.80 Å². The molecule has 30 heavy (non-hydrogen) atoms. The maximum absolute atomic E-state index is 12.9. The predicted molar refractivity (Wildman–Crippen MR) is 117 cm³/mol. The van der Waals surface area contributed by atoms with E-state index in [2.05, 4.69) is 0 Å². The summed E-state index contributed by atoms with van der Waals surface area (Å²) in [7, 11) is 0. The van der Waals surface area contributed by atoms with Gasteiger partial charge in [-0.25, -0.2) is 0 Å². The highest BCUT2D eigenvalue weighted by atomic mass is 16.5. The van der Waals surface area contributed by atoms with Crippen molar-refractivity contribution in [2.24, 2.45) is 5.92 Å². The van der Waals surface area contributed by atoms with Crippen LogP contribution in [0.15, 0.2) is 48.5 Å². The van der Waals surface area contributed by atoms with Crippen molar-refractivity contribution in [1.29, 1.82) is 0 Å². The van der Waals surface area contributed by atoms with E-state index in [1.54, 1.807) is 0 Å². The standard InChI is InChI=1S/C25H30N2O3/c1-19-7-2-3-9-23(19)25(29)27-16-6-8-20(17-27)18-30-22-12-10-21(11-13-22)24(28)26-14-4-5-15-26/h2-3,7,9-13,20H,4-6,8,14-18H2,1H3/t20-/m0/s1. The van der Waals surface area contributed by atoms with Gasteiger partial charge >= 0.3 is 0 Å². The third-order valence-corrected chi connectivity index (χ3v) is 6.16. The van der Waals surface area contributed by atoms with Crippen LogP contribution in [-0.2, 0) is 0 Å². The van der Waals surface area contributed by atoms with Crippen LogP contribution in [0.3, 0.4) is 0 Å². The molecule has 0 aliphatic carbocycles. The Morgan fingerprint density at radius 3 is 2.33 bits per heavy atom. The molecule has 2 saturated heterocycles.